The Morgan fingerprint density at radius 3 is 2.07 bits per heavy atom. The molecule has 0 fully saturated rings. The van der Waals surface area contributed by atoms with Crippen molar-refractivity contribution in [3.63, 3.8) is 0 Å². The highest BCUT2D eigenvalue weighted by atomic mass is 35.5. The highest BCUT2D eigenvalue weighted by molar-refractivity contribution is 6.30. The second-order valence-corrected chi connectivity index (χ2v) is 6.75. The monoisotopic (exact) mass is 402 g/mol. The quantitative estimate of drug-likeness (QED) is 0.337. The molecule has 0 saturated carbocycles. The van der Waals surface area contributed by atoms with Crippen molar-refractivity contribution in [2.24, 2.45) is 4.99 Å². The van der Waals surface area contributed by atoms with Crippen molar-refractivity contribution >= 4 is 23.5 Å². The Labute approximate surface area is 174 Å². The maximum Gasteiger partial charge on any atom is 0.127 e. The Morgan fingerprint density at radius 1 is 0.793 bits per heavy atom. The van der Waals surface area contributed by atoms with E-state index < -0.39 is 0 Å². The number of aromatic nitrogens is 1. The Balaban J connectivity index is 1.46. The van der Waals surface area contributed by atoms with Crippen LogP contribution in [0.3, 0.4) is 0 Å². The second kappa shape index (κ2) is 8.67. The largest absolute Gasteiger partial charge is 0.497 e. The normalized spacial score (nSPS) is 11.0. The van der Waals surface area contributed by atoms with Crippen molar-refractivity contribution in [3.05, 3.63) is 102 Å². The number of hydrogen-bond donors (Lipinski definition) is 0. The number of nitrogens with zero attached hydrogens (tertiary/aromatic N) is 2. The number of halogens is 1. The van der Waals surface area contributed by atoms with Crippen LogP contribution in [0.5, 0.6) is 17.2 Å². The molecule has 0 amide bonds. The van der Waals surface area contributed by atoms with E-state index in [1.807, 2.05) is 97.3 Å². The van der Waals surface area contributed by atoms with Crippen molar-refractivity contribution < 1.29 is 9.47 Å². The number of benzene rings is 3. The van der Waals surface area contributed by atoms with Gasteiger partial charge >= 0.3 is 0 Å². The summed E-state index contributed by atoms with van der Waals surface area (Å²) < 4.78 is 13.1. The second-order valence-electron chi connectivity index (χ2n) is 6.31. The van der Waals surface area contributed by atoms with Crippen molar-refractivity contribution in [3.8, 4) is 22.9 Å². The molecule has 0 N–H and O–H groups in total. The molecule has 1 heterocycles. The van der Waals surface area contributed by atoms with E-state index in [2.05, 4.69) is 9.56 Å². The smallest absolute Gasteiger partial charge is 0.127 e. The van der Waals surface area contributed by atoms with Gasteiger partial charge in [-0.05, 0) is 84.9 Å². The SMILES string of the molecule is COc1ccc(Oc2ccc(N=Cc3cccn3-c3ccc(Cl)cc3)cc2)cc1. The summed E-state index contributed by atoms with van der Waals surface area (Å²) in [7, 11) is 1.64. The Bertz CT molecular complexity index is 1100. The minimum atomic E-state index is 0.716. The molecular formula is C24H19ClN2O2. The molecule has 4 nitrogen and oxygen atoms in total. The molecule has 1 aromatic heterocycles. The van der Waals surface area contributed by atoms with Gasteiger partial charge < -0.3 is 14.0 Å². The summed E-state index contributed by atoms with van der Waals surface area (Å²) in [4.78, 5) is 4.58. The zero-order valence-electron chi connectivity index (χ0n) is 15.8. The third-order valence-electron chi connectivity index (χ3n) is 4.36. The maximum atomic E-state index is 5.98. The summed E-state index contributed by atoms with van der Waals surface area (Å²) in [5, 5.41) is 0.716. The summed E-state index contributed by atoms with van der Waals surface area (Å²) in [5.74, 6) is 2.30. The number of rotatable bonds is 6. The molecule has 0 unspecified atom stereocenters. The van der Waals surface area contributed by atoms with Gasteiger partial charge in [-0.3, -0.25) is 4.99 Å². The van der Waals surface area contributed by atoms with Gasteiger partial charge in [0.2, 0.25) is 0 Å². The summed E-state index contributed by atoms with van der Waals surface area (Å²) in [6, 6.07) is 26.8. The van der Waals surface area contributed by atoms with Crippen molar-refractivity contribution in [2.75, 3.05) is 7.11 Å². The van der Waals surface area contributed by atoms with E-state index in [0.717, 1.165) is 34.3 Å². The highest BCUT2D eigenvalue weighted by Crippen LogP contribution is 2.26. The lowest BCUT2D eigenvalue weighted by molar-refractivity contribution is 0.413. The van der Waals surface area contributed by atoms with Crippen molar-refractivity contribution in [2.45, 2.75) is 0 Å². The lowest BCUT2D eigenvalue weighted by Gasteiger charge is -2.07. The van der Waals surface area contributed by atoms with Crippen LogP contribution in [-0.4, -0.2) is 17.9 Å². The average molecular weight is 403 g/mol. The van der Waals surface area contributed by atoms with Crippen LogP contribution in [0.2, 0.25) is 5.02 Å². The average Bonchev–Trinajstić information content (AvgIpc) is 3.23. The van der Waals surface area contributed by atoms with Gasteiger partial charge in [0.05, 0.1) is 24.7 Å². The zero-order valence-corrected chi connectivity index (χ0v) is 16.6. The minimum absolute atomic E-state index is 0.716. The van der Waals surface area contributed by atoms with Gasteiger partial charge in [0, 0.05) is 16.9 Å². The highest BCUT2D eigenvalue weighted by Gasteiger charge is 2.02. The molecule has 0 aliphatic carbocycles. The van der Waals surface area contributed by atoms with E-state index >= 15 is 0 Å². The molecule has 0 bridgehead atoms. The first-order valence-electron chi connectivity index (χ1n) is 9.10. The van der Waals surface area contributed by atoms with Crippen LogP contribution in [0.25, 0.3) is 5.69 Å². The first-order chi connectivity index (χ1) is 14.2. The van der Waals surface area contributed by atoms with Gasteiger partial charge in [-0.2, -0.15) is 0 Å². The molecule has 29 heavy (non-hydrogen) atoms. The molecule has 0 atom stereocenters. The standard InChI is InChI=1S/C24H19ClN2O2/c1-28-22-12-14-24(15-13-22)29-23-10-6-19(7-11-23)26-17-21-3-2-16-27(21)20-8-4-18(25)5-9-20/h2-17H,1H3. The van der Waals surface area contributed by atoms with Crippen LogP contribution >= 0.6 is 11.6 Å². The molecule has 5 heteroatoms. The molecule has 4 aromatic rings. The third kappa shape index (κ3) is 4.68. The van der Waals surface area contributed by atoms with Crippen LogP contribution < -0.4 is 9.47 Å². The van der Waals surface area contributed by atoms with Gasteiger partial charge in [-0.1, -0.05) is 11.6 Å². The fraction of sp³-hybridized carbons (Fsp3) is 0.0417. The molecule has 0 spiro atoms. The van der Waals surface area contributed by atoms with E-state index in [1.165, 1.54) is 0 Å². The molecule has 144 valence electrons. The van der Waals surface area contributed by atoms with Crippen LogP contribution in [0.4, 0.5) is 5.69 Å². The number of aliphatic imine (C=N–C) groups is 1. The minimum Gasteiger partial charge on any atom is -0.497 e. The first kappa shape index (κ1) is 18.8. The van der Waals surface area contributed by atoms with Gasteiger partial charge in [0.15, 0.2) is 0 Å². The van der Waals surface area contributed by atoms with Crippen molar-refractivity contribution in [1.82, 2.24) is 4.57 Å². The molecule has 4 rings (SSSR count). The molecule has 0 saturated heterocycles. The van der Waals surface area contributed by atoms with Crippen LogP contribution in [0.15, 0.2) is 96.1 Å². The summed E-state index contributed by atoms with van der Waals surface area (Å²) in [6.07, 6.45) is 3.84. The summed E-state index contributed by atoms with van der Waals surface area (Å²) in [5.41, 5.74) is 2.85. The topological polar surface area (TPSA) is 35.8 Å². The van der Waals surface area contributed by atoms with Gasteiger partial charge in [0.1, 0.15) is 17.2 Å². The Hall–Kier alpha value is -3.50. The third-order valence-corrected chi connectivity index (χ3v) is 4.61. The molecular weight excluding hydrogens is 384 g/mol. The lowest BCUT2D eigenvalue weighted by atomic mass is 10.3. The van der Waals surface area contributed by atoms with Gasteiger partial charge in [0.25, 0.3) is 0 Å². The summed E-state index contributed by atoms with van der Waals surface area (Å²) >= 11 is 5.98. The lowest BCUT2D eigenvalue weighted by Crippen LogP contribution is -1.97. The Morgan fingerprint density at radius 2 is 1.41 bits per heavy atom. The van der Waals surface area contributed by atoms with Crippen molar-refractivity contribution in [1.29, 1.82) is 0 Å². The number of hydrogen-bond acceptors (Lipinski definition) is 3. The molecule has 0 radical (unpaired) electrons. The molecule has 0 aliphatic rings. The van der Waals surface area contributed by atoms with E-state index in [1.54, 1.807) is 7.11 Å². The Kier molecular flexibility index (Phi) is 5.63. The zero-order chi connectivity index (χ0) is 20.1. The van der Waals surface area contributed by atoms with E-state index in [0.29, 0.717) is 5.02 Å². The first-order valence-corrected chi connectivity index (χ1v) is 9.48. The molecule has 3 aromatic carbocycles. The number of ether oxygens (including phenoxy) is 2. The fourth-order valence-corrected chi connectivity index (χ4v) is 2.98. The summed E-state index contributed by atoms with van der Waals surface area (Å²) in [6.45, 7) is 0. The number of methoxy groups -OCH3 is 1. The van der Waals surface area contributed by atoms with Crippen LogP contribution in [0, 0.1) is 0 Å². The predicted molar refractivity (Wildman–Crippen MR) is 118 cm³/mol. The van der Waals surface area contributed by atoms with E-state index in [4.69, 9.17) is 21.1 Å². The molecule has 0 aliphatic heterocycles. The predicted octanol–water partition coefficient (Wildman–Crippen LogP) is 6.68. The van der Waals surface area contributed by atoms with Gasteiger partial charge in [-0.15, -0.1) is 0 Å². The van der Waals surface area contributed by atoms with Gasteiger partial charge in [-0.25, -0.2) is 0 Å². The van der Waals surface area contributed by atoms with Crippen LogP contribution in [-0.2, 0) is 0 Å². The maximum absolute atomic E-state index is 5.98. The van der Waals surface area contributed by atoms with E-state index in [-0.39, 0.29) is 0 Å². The van der Waals surface area contributed by atoms with E-state index in [9.17, 15) is 0 Å². The van der Waals surface area contributed by atoms with Crippen LogP contribution in [0.1, 0.15) is 5.69 Å². The fourth-order valence-electron chi connectivity index (χ4n) is 2.86.